The molecule has 0 atom stereocenters. The summed E-state index contributed by atoms with van der Waals surface area (Å²) in [6, 6.07) is 0. The van der Waals surface area contributed by atoms with Crippen LogP contribution in [0.15, 0.2) is 18.7 Å². The molecule has 1 amide bonds. The predicted molar refractivity (Wildman–Crippen MR) is 54.2 cm³/mol. The van der Waals surface area contributed by atoms with Crippen LogP contribution >= 0.6 is 0 Å². The summed E-state index contributed by atoms with van der Waals surface area (Å²) < 4.78 is 1.19. The highest BCUT2D eigenvalue weighted by molar-refractivity contribution is 6.01. The number of anilines is 1. The fourth-order valence-electron chi connectivity index (χ4n) is 1.16. The summed E-state index contributed by atoms with van der Waals surface area (Å²) >= 11 is 0. The van der Waals surface area contributed by atoms with Crippen LogP contribution in [-0.2, 0) is 11.3 Å². The second-order valence-corrected chi connectivity index (χ2v) is 3.11. The summed E-state index contributed by atoms with van der Waals surface area (Å²) in [5, 5.41) is 20.7. The molecule has 2 rings (SSSR count). The smallest absolute Gasteiger partial charge is 0.325 e. The average Bonchev–Trinajstić information content (AvgIpc) is 2.87. The molecule has 9 nitrogen and oxygen atoms in total. The van der Waals surface area contributed by atoms with Gasteiger partial charge in [-0.15, -0.1) is 0 Å². The molecule has 0 bridgehead atoms. The second kappa shape index (κ2) is 4.43. The number of nitrogens with one attached hydrogen (secondary N) is 2. The van der Waals surface area contributed by atoms with Crippen LogP contribution < -0.4 is 5.32 Å². The molecule has 0 saturated carbocycles. The zero-order valence-electron chi connectivity index (χ0n) is 8.49. The third-order valence-corrected chi connectivity index (χ3v) is 1.82. The van der Waals surface area contributed by atoms with E-state index in [1.807, 2.05) is 0 Å². The van der Waals surface area contributed by atoms with Crippen LogP contribution in [0.4, 0.5) is 5.69 Å². The van der Waals surface area contributed by atoms with Crippen molar-refractivity contribution in [2.75, 3.05) is 5.32 Å². The Hall–Kier alpha value is -2.71. The van der Waals surface area contributed by atoms with Crippen LogP contribution in [0, 0.1) is 0 Å². The van der Waals surface area contributed by atoms with Gasteiger partial charge in [-0.05, 0) is 0 Å². The monoisotopic (exact) mass is 236 g/mol. The highest BCUT2D eigenvalue weighted by Crippen LogP contribution is 2.05. The minimum Gasteiger partial charge on any atom is -0.480 e. The van der Waals surface area contributed by atoms with Gasteiger partial charge in [0.25, 0.3) is 5.91 Å². The van der Waals surface area contributed by atoms with E-state index in [0.29, 0.717) is 5.69 Å². The number of hydrogen-bond donors (Lipinski definition) is 3. The Labute approximate surface area is 94.5 Å². The van der Waals surface area contributed by atoms with Crippen LogP contribution in [-0.4, -0.2) is 41.9 Å². The lowest BCUT2D eigenvalue weighted by Gasteiger charge is -1.97. The van der Waals surface area contributed by atoms with Crippen molar-refractivity contribution in [2.24, 2.45) is 0 Å². The first-order chi connectivity index (χ1) is 8.15. The Kier molecular flexibility index (Phi) is 2.81. The van der Waals surface area contributed by atoms with E-state index in [1.54, 1.807) is 0 Å². The molecule has 0 unspecified atom stereocenters. The first kappa shape index (κ1) is 10.8. The van der Waals surface area contributed by atoms with Crippen molar-refractivity contribution < 1.29 is 14.7 Å². The number of carbonyl (C=O) groups excluding carboxylic acids is 1. The first-order valence-electron chi connectivity index (χ1n) is 4.56. The molecule has 0 fully saturated rings. The van der Waals surface area contributed by atoms with Crippen LogP contribution in [0.2, 0.25) is 0 Å². The number of H-pyrrole nitrogens is 1. The highest BCUT2D eigenvalue weighted by atomic mass is 16.4. The standard InChI is InChI=1S/C8H8N6O3/c15-6(16)3-14-2-5(1-11-14)12-8(17)7-9-4-10-13-7/h1-2,4H,3H2,(H,12,17)(H,15,16)(H,9,10,13). The van der Waals surface area contributed by atoms with Gasteiger partial charge in [0, 0.05) is 6.20 Å². The number of carboxylic acids is 1. The van der Waals surface area contributed by atoms with Gasteiger partial charge in [-0.25, -0.2) is 4.98 Å². The summed E-state index contributed by atoms with van der Waals surface area (Å²) in [5.74, 6) is -1.42. The van der Waals surface area contributed by atoms with Crippen LogP contribution in [0.1, 0.15) is 10.6 Å². The van der Waals surface area contributed by atoms with Crippen molar-refractivity contribution in [2.45, 2.75) is 6.54 Å². The zero-order chi connectivity index (χ0) is 12.3. The lowest BCUT2D eigenvalue weighted by molar-refractivity contribution is -0.137. The molecule has 0 aliphatic rings. The maximum atomic E-state index is 11.5. The predicted octanol–water partition coefficient (Wildman–Crippen LogP) is -0.662. The van der Waals surface area contributed by atoms with E-state index in [-0.39, 0.29) is 12.4 Å². The second-order valence-electron chi connectivity index (χ2n) is 3.11. The molecule has 0 radical (unpaired) electrons. The molecule has 0 saturated heterocycles. The van der Waals surface area contributed by atoms with Gasteiger partial charge in [-0.1, -0.05) is 0 Å². The summed E-state index contributed by atoms with van der Waals surface area (Å²) in [7, 11) is 0. The maximum absolute atomic E-state index is 11.5. The number of aromatic amines is 1. The lowest BCUT2D eigenvalue weighted by atomic mass is 10.5. The SMILES string of the molecule is O=C(O)Cn1cc(NC(=O)c2ncn[nH]2)cn1. The summed E-state index contributed by atoms with van der Waals surface area (Å²) in [6.45, 7) is -0.266. The summed E-state index contributed by atoms with van der Waals surface area (Å²) in [5.41, 5.74) is 0.382. The van der Waals surface area contributed by atoms with Gasteiger partial charge in [0.1, 0.15) is 12.9 Å². The van der Waals surface area contributed by atoms with Crippen molar-refractivity contribution >= 4 is 17.6 Å². The lowest BCUT2D eigenvalue weighted by Crippen LogP contribution is -2.13. The Balaban J connectivity index is 2.02. The highest BCUT2D eigenvalue weighted by Gasteiger charge is 2.10. The molecule has 2 aromatic rings. The van der Waals surface area contributed by atoms with Gasteiger partial charge in [0.05, 0.1) is 11.9 Å². The minimum atomic E-state index is -1.01. The molecule has 88 valence electrons. The topological polar surface area (TPSA) is 126 Å². The molecule has 0 spiro atoms. The Morgan fingerprint density at radius 1 is 1.53 bits per heavy atom. The molecule has 2 aromatic heterocycles. The Morgan fingerprint density at radius 3 is 3.00 bits per heavy atom. The van der Waals surface area contributed by atoms with Gasteiger partial charge >= 0.3 is 5.97 Å². The number of rotatable bonds is 4. The number of carbonyl (C=O) groups is 2. The van der Waals surface area contributed by atoms with E-state index in [9.17, 15) is 9.59 Å². The van der Waals surface area contributed by atoms with Crippen LogP contribution in [0.5, 0.6) is 0 Å². The largest absolute Gasteiger partial charge is 0.480 e. The van der Waals surface area contributed by atoms with E-state index in [4.69, 9.17) is 5.11 Å². The van der Waals surface area contributed by atoms with Gasteiger partial charge in [-0.3, -0.25) is 19.4 Å². The van der Waals surface area contributed by atoms with Gasteiger partial charge in [0.15, 0.2) is 0 Å². The summed E-state index contributed by atoms with van der Waals surface area (Å²) in [4.78, 5) is 25.6. The Bertz CT molecular complexity index is 531. The van der Waals surface area contributed by atoms with Crippen molar-refractivity contribution in [3.8, 4) is 0 Å². The normalized spacial score (nSPS) is 10.1. The maximum Gasteiger partial charge on any atom is 0.325 e. The average molecular weight is 236 g/mol. The van der Waals surface area contributed by atoms with Crippen molar-refractivity contribution in [3.63, 3.8) is 0 Å². The molecular weight excluding hydrogens is 228 g/mol. The molecular formula is C8H8N6O3. The van der Waals surface area contributed by atoms with Gasteiger partial charge < -0.3 is 10.4 Å². The third kappa shape index (κ3) is 2.65. The van der Waals surface area contributed by atoms with Gasteiger partial charge in [0.2, 0.25) is 5.82 Å². The van der Waals surface area contributed by atoms with E-state index >= 15 is 0 Å². The molecule has 2 heterocycles. The van der Waals surface area contributed by atoms with E-state index in [1.165, 1.54) is 23.4 Å². The molecule has 0 aliphatic heterocycles. The Morgan fingerprint density at radius 2 is 2.35 bits per heavy atom. The van der Waals surface area contributed by atoms with Gasteiger partial charge in [-0.2, -0.15) is 10.2 Å². The summed E-state index contributed by atoms with van der Waals surface area (Å²) in [6.07, 6.45) is 3.96. The molecule has 0 aliphatic carbocycles. The molecule has 9 heteroatoms. The quantitative estimate of drug-likeness (QED) is 0.646. The number of amides is 1. The number of carboxylic acid groups (broad SMARTS) is 1. The zero-order valence-corrected chi connectivity index (χ0v) is 8.49. The third-order valence-electron chi connectivity index (χ3n) is 1.82. The molecule has 0 aromatic carbocycles. The van der Waals surface area contributed by atoms with Crippen molar-refractivity contribution in [3.05, 3.63) is 24.5 Å². The van der Waals surface area contributed by atoms with E-state index in [2.05, 4.69) is 25.6 Å². The number of nitrogens with zero attached hydrogens (tertiary/aromatic N) is 4. The minimum absolute atomic E-state index is 0.0657. The van der Waals surface area contributed by atoms with Crippen molar-refractivity contribution in [1.29, 1.82) is 0 Å². The van der Waals surface area contributed by atoms with Crippen LogP contribution in [0.25, 0.3) is 0 Å². The van der Waals surface area contributed by atoms with Crippen LogP contribution in [0.3, 0.4) is 0 Å². The number of aromatic nitrogens is 5. The molecule has 17 heavy (non-hydrogen) atoms. The first-order valence-corrected chi connectivity index (χ1v) is 4.56. The fraction of sp³-hybridized carbons (Fsp3) is 0.125. The van der Waals surface area contributed by atoms with E-state index < -0.39 is 11.9 Å². The fourth-order valence-corrected chi connectivity index (χ4v) is 1.16. The molecule has 3 N–H and O–H groups in total. The van der Waals surface area contributed by atoms with Crippen molar-refractivity contribution in [1.82, 2.24) is 25.0 Å². The number of hydrogen-bond acceptors (Lipinski definition) is 5. The van der Waals surface area contributed by atoms with E-state index in [0.717, 1.165) is 0 Å². The number of aliphatic carboxylic acids is 1.